The normalized spacial score (nSPS) is 26.3. The van der Waals surface area contributed by atoms with Gasteiger partial charge in [-0.1, -0.05) is 20.8 Å². The highest BCUT2D eigenvalue weighted by molar-refractivity contribution is 6.74. The number of aromatic nitrogens is 2. The van der Waals surface area contributed by atoms with Gasteiger partial charge in [0.15, 0.2) is 14.5 Å². The van der Waals surface area contributed by atoms with Crippen LogP contribution >= 0.6 is 0 Å². The molecule has 1 aromatic rings. The van der Waals surface area contributed by atoms with Crippen LogP contribution in [0.5, 0.6) is 0 Å². The second-order valence-corrected chi connectivity index (χ2v) is 13.1. The molecule has 2 rings (SSSR count). The molecule has 9 nitrogen and oxygen atoms in total. The number of nitrogens with one attached hydrogen (secondary N) is 1. The fraction of sp³-hybridized carbons (Fsp3) is 0.706. The smallest absolute Gasteiger partial charge is 0.330 e. The van der Waals surface area contributed by atoms with Gasteiger partial charge in [-0.15, -0.1) is 0 Å². The SMILES string of the molecule is CC(C)(C)[Si](C)(C)O[C@@H]1[C@H](CC(=O)O)[C@@H](CO)O[C@H]1n1ccc(=O)[nH]c1=O. The number of aromatic amines is 1. The first kappa shape index (κ1) is 21.5. The molecule has 0 amide bonds. The van der Waals surface area contributed by atoms with Gasteiger partial charge in [-0.25, -0.2) is 4.79 Å². The first-order valence-electron chi connectivity index (χ1n) is 8.85. The molecule has 1 fully saturated rings. The molecule has 1 aliphatic rings. The molecule has 0 aromatic carbocycles. The third-order valence-corrected chi connectivity index (χ3v) is 9.92. The number of carbonyl (C=O) groups is 1. The van der Waals surface area contributed by atoms with E-state index < -0.39 is 56.5 Å². The number of carboxylic acid groups (broad SMARTS) is 1. The molecule has 27 heavy (non-hydrogen) atoms. The Morgan fingerprint density at radius 3 is 2.48 bits per heavy atom. The van der Waals surface area contributed by atoms with Crippen molar-refractivity contribution in [2.45, 2.75) is 63.8 Å². The molecule has 2 heterocycles. The Morgan fingerprint density at radius 2 is 2.00 bits per heavy atom. The number of nitrogens with zero attached hydrogens (tertiary/aromatic N) is 1. The minimum absolute atomic E-state index is 0.154. The number of carboxylic acids is 1. The minimum atomic E-state index is -2.35. The summed E-state index contributed by atoms with van der Waals surface area (Å²) in [5.74, 6) is -1.68. The molecule has 3 N–H and O–H groups in total. The van der Waals surface area contributed by atoms with Gasteiger partial charge in [0.25, 0.3) is 5.56 Å². The Bertz CT molecular complexity index is 795. The fourth-order valence-electron chi connectivity index (χ4n) is 2.92. The summed E-state index contributed by atoms with van der Waals surface area (Å²) < 4.78 is 13.5. The highest BCUT2D eigenvalue weighted by Gasteiger charge is 2.51. The van der Waals surface area contributed by atoms with Gasteiger partial charge in [-0.05, 0) is 18.1 Å². The number of aliphatic hydroxyl groups is 1. The first-order valence-corrected chi connectivity index (χ1v) is 11.8. The van der Waals surface area contributed by atoms with E-state index in [4.69, 9.17) is 9.16 Å². The van der Waals surface area contributed by atoms with Crippen LogP contribution in [0.25, 0.3) is 0 Å². The summed E-state index contributed by atoms with van der Waals surface area (Å²) in [6.45, 7) is 9.78. The van der Waals surface area contributed by atoms with Crippen LogP contribution in [0.2, 0.25) is 18.1 Å². The molecule has 0 spiro atoms. The van der Waals surface area contributed by atoms with Crippen molar-refractivity contribution < 1.29 is 24.2 Å². The third kappa shape index (κ3) is 4.57. The van der Waals surface area contributed by atoms with Gasteiger partial charge in [-0.3, -0.25) is 19.1 Å². The van der Waals surface area contributed by atoms with Gasteiger partial charge < -0.3 is 19.4 Å². The van der Waals surface area contributed by atoms with Crippen LogP contribution in [-0.4, -0.2) is 52.9 Å². The van der Waals surface area contributed by atoms with E-state index >= 15 is 0 Å². The summed E-state index contributed by atoms with van der Waals surface area (Å²) in [6, 6.07) is 1.19. The van der Waals surface area contributed by atoms with Crippen molar-refractivity contribution in [1.29, 1.82) is 0 Å². The summed E-state index contributed by atoms with van der Waals surface area (Å²) >= 11 is 0. The maximum atomic E-state index is 12.3. The van der Waals surface area contributed by atoms with E-state index in [-0.39, 0.29) is 11.5 Å². The number of rotatable bonds is 6. The lowest BCUT2D eigenvalue weighted by molar-refractivity contribution is -0.139. The lowest BCUT2D eigenvalue weighted by Crippen LogP contribution is -2.48. The zero-order valence-electron chi connectivity index (χ0n) is 16.3. The van der Waals surface area contributed by atoms with E-state index in [0.29, 0.717) is 0 Å². The number of ether oxygens (including phenoxy) is 1. The summed E-state index contributed by atoms with van der Waals surface area (Å²) in [6.07, 6.45) is -1.45. The van der Waals surface area contributed by atoms with Gasteiger partial charge in [0.05, 0.1) is 25.2 Å². The Balaban J connectivity index is 2.50. The fourth-order valence-corrected chi connectivity index (χ4v) is 4.25. The van der Waals surface area contributed by atoms with Crippen molar-refractivity contribution in [2.24, 2.45) is 5.92 Å². The molecule has 10 heteroatoms. The average molecular weight is 401 g/mol. The third-order valence-electron chi connectivity index (χ3n) is 5.45. The zero-order valence-corrected chi connectivity index (χ0v) is 17.3. The van der Waals surface area contributed by atoms with Crippen LogP contribution in [0.15, 0.2) is 21.9 Å². The summed E-state index contributed by atoms with van der Waals surface area (Å²) in [4.78, 5) is 37.2. The molecule has 152 valence electrons. The maximum absolute atomic E-state index is 12.3. The zero-order chi connectivity index (χ0) is 20.6. The maximum Gasteiger partial charge on any atom is 0.330 e. The van der Waals surface area contributed by atoms with E-state index in [9.17, 15) is 24.6 Å². The largest absolute Gasteiger partial charge is 0.481 e. The number of hydrogen-bond acceptors (Lipinski definition) is 6. The molecular weight excluding hydrogens is 372 g/mol. The van der Waals surface area contributed by atoms with E-state index in [2.05, 4.69) is 4.98 Å². The lowest BCUT2D eigenvalue weighted by Gasteiger charge is -2.40. The summed E-state index contributed by atoms with van der Waals surface area (Å²) in [5, 5.41) is 18.9. The van der Waals surface area contributed by atoms with Crippen LogP contribution in [-0.2, 0) is 14.0 Å². The number of aliphatic hydroxyl groups excluding tert-OH is 1. The van der Waals surface area contributed by atoms with Crippen molar-refractivity contribution in [3.05, 3.63) is 33.1 Å². The van der Waals surface area contributed by atoms with Gasteiger partial charge in [0.2, 0.25) is 0 Å². The molecule has 4 atom stereocenters. The molecular formula is C17H28N2O7Si. The first-order chi connectivity index (χ1) is 12.4. The highest BCUT2D eigenvalue weighted by atomic mass is 28.4. The van der Waals surface area contributed by atoms with Crippen molar-refractivity contribution in [1.82, 2.24) is 9.55 Å². The van der Waals surface area contributed by atoms with Crippen LogP contribution in [0.3, 0.4) is 0 Å². The molecule has 1 saturated heterocycles. The van der Waals surface area contributed by atoms with E-state index in [1.807, 2.05) is 33.9 Å². The lowest BCUT2D eigenvalue weighted by atomic mass is 9.94. The van der Waals surface area contributed by atoms with Crippen molar-refractivity contribution in [3.63, 3.8) is 0 Å². The monoisotopic (exact) mass is 400 g/mol. The summed E-state index contributed by atoms with van der Waals surface area (Å²) in [5.41, 5.74) is -1.22. The van der Waals surface area contributed by atoms with Gasteiger partial charge >= 0.3 is 11.7 Å². The van der Waals surface area contributed by atoms with E-state index in [1.54, 1.807) is 0 Å². The predicted octanol–water partition coefficient (Wildman–Crippen LogP) is 0.908. The van der Waals surface area contributed by atoms with Gasteiger partial charge in [0, 0.05) is 18.2 Å². The Hall–Kier alpha value is -1.75. The van der Waals surface area contributed by atoms with Crippen LogP contribution in [0.1, 0.15) is 33.4 Å². The van der Waals surface area contributed by atoms with Gasteiger partial charge in [-0.2, -0.15) is 0 Å². The number of aliphatic carboxylic acids is 1. The molecule has 1 aromatic heterocycles. The van der Waals surface area contributed by atoms with Crippen LogP contribution < -0.4 is 11.2 Å². The topological polar surface area (TPSA) is 131 Å². The van der Waals surface area contributed by atoms with Gasteiger partial charge in [0.1, 0.15) is 0 Å². The van der Waals surface area contributed by atoms with E-state index in [1.165, 1.54) is 16.8 Å². The second kappa shape index (κ2) is 7.70. The molecule has 0 saturated carbocycles. The summed E-state index contributed by atoms with van der Waals surface area (Å²) in [7, 11) is -2.35. The molecule has 0 radical (unpaired) electrons. The van der Waals surface area contributed by atoms with Crippen molar-refractivity contribution in [2.75, 3.05) is 6.61 Å². The average Bonchev–Trinajstić information content (AvgIpc) is 2.83. The van der Waals surface area contributed by atoms with Crippen LogP contribution in [0, 0.1) is 5.92 Å². The Labute approximate surface area is 158 Å². The minimum Gasteiger partial charge on any atom is -0.481 e. The highest BCUT2D eigenvalue weighted by Crippen LogP contribution is 2.44. The van der Waals surface area contributed by atoms with Crippen LogP contribution in [0.4, 0.5) is 0 Å². The number of H-pyrrole nitrogens is 1. The predicted molar refractivity (Wildman–Crippen MR) is 100 cm³/mol. The Kier molecular flexibility index (Phi) is 6.15. The quantitative estimate of drug-likeness (QED) is 0.605. The Morgan fingerprint density at radius 1 is 1.37 bits per heavy atom. The molecule has 0 bridgehead atoms. The second-order valence-electron chi connectivity index (χ2n) is 8.37. The standard InChI is InChI=1S/C17H28N2O7Si/c1-17(2,3)27(4,5)26-14-10(8-13(22)23)11(9-20)25-15(14)19-7-6-12(21)18-16(19)24/h6-7,10-11,14-15,20H,8-9H2,1-5H3,(H,22,23)(H,18,21,24)/t10-,11-,14-,15-/m1/s1. The molecule has 0 unspecified atom stereocenters. The van der Waals surface area contributed by atoms with Crippen molar-refractivity contribution >= 4 is 14.3 Å². The van der Waals surface area contributed by atoms with Crippen molar-refractivity contribution in [3.8, 4) is 0 Å². The number of hydrogen-bond donors (Lipinski definition) is 3. The molecule has 0 aliphatic carbocycles. The van der Waals surface area contributed by atoms with E-state index in [0.717, 1.165) is 0 Å². The molecule has 1 aliphatic heterocycles.